The summed E-state index contributed by atoms with van der Waals surface area (Å²) in [5.74, 6) is 0. The third-order valence-electron chi connectivity index (χ3n) is 1.67. The first-order valence-electron chi connectivity index (χ1n) is 4.50. The predicted molar refractivity (Wildman–Crippen MR) is 71.5 cm³/mol. The van der Waals surface area contributed by atoms with Crippen LogP contribution in [0.2, 0.25) is 0 Å². The minimum Gasteiger partial charge on any atom is -0.399 e. The van der Waals surface area contributed by atoms with Gasteiger partial charge in [0.15, 0.2) is 9.84 Å². The van der Waals surface area contributed by atoms with Gasteiger partial charge < -0.3 is 5.73 Å². The van der Waals surface area contributed by atoms with Crippen LogP contribution in [0, 0.1) is 0 Å². The van der Waals surface area contributed by atoms with E-state index >= 15 is 0 Å². The zero-order valence-electron chi connectivity index (χ0n) is 9.48. The summed E-state index contributed by atoms with van der Waals surface area (Å²) in [6, 6.07) is 5.70. The van der Waals surface area contributed by atoms with Crippen molar-refractivity contribution in [3.8, 4) is 0 Å². The van der Waals surface area contributed by atoms with E-state index in [-0.39, 0.29) is 4.90 Å². The molecule has 0 heterocycles. The number of hydrogen-bond acceptors (Lipinski definition) is 5. The maximum Gasteiger partial charge on any atom is 0.238 e. The van der Waals surface area contributed by atoms with Crippen molar-refractivity contribution in [1.29, 1.82) is 0 Å². The van der Waals surface area contributed by atoms with E-state index in [2.05, 4.69) is 13.2 Å². The smallest absolute Gasteiger partial charge is 0.238 e. The zero-order chi connectivity index (χ0) is 14.4. The van der Waals surface area contributed by atoms with Crippen LogP contribution in [0.5, 0.6) is 0 Å². The van der Waals surface area contributed by atoms with E-state index in [0.717, 1.165) is 10.8 Å². The van der Waals surface area contributed by atoms with Crippen LogP contribution in [0.4, 0.5) is 5.69 Å². The number of benzene rings is 1. The van der Waals surface area contributed by atoms with Crippen LogP contribution >= 0.6 is 0 Å². The van der Waals surface area contributed by atoms with Crippen molar-refractivity contribution in [3.05, 3.63) is 48.2 Å². The summed E-state index contributed by atoms with van der Waals surface area (Å²) in [7, 11) is -6.70. The normalized spacial score (nSPS) is 10.9. The quantitative estimate of drug-likeness (QED) is 0.790. The second-order valence-corrected chi connectivity index (χ2v) is 6.44. The van der Waals surface area contributed by atoms with E-state index in [9.17, 15) is 16.8 Å². The average molecular weight is 290 g/mol. The van der Waals surface area contributed by atoms with Gasteiger partial charge in [0, 0.05) is 16.5 Å². The van der Waals surface area contributed by atoms with Crippen LogP contribution < -0.4 is 10.9 Å². The Hall–Kier alpha value is -1.64. The number of primary sulfonamides is 1. The fraction of sp³-hybridized carbons (Fsp3) is 0. The van der Waals surface area contributed by atoms with E-state index < -0.39 is 19.9 Å². The van der Waals surface area contributed by atoms with E-state index in [1.54, 1.807) is 0 Å². The van der Waals surface area contributed by atoms with Crippen molar-refractivity contribution in [2.45, 2.75) is 4.90 Å². The number of hydrogen-bond donors (Lipinski definition) is 2. The summed E-state index contributed by atoms with van der Waals surface area (Å²) in [4.78, 5) is 0.0756. The van der Waals surface area contributed by atoms with Crippen LogP contribution in [0.3, 0.4) is 0 Å². The molecule has 6 nitrogen and oxygen atoms in total. The Kier molecular flexibility index (Phi) is 5.76. The molecule has 0 saturated carbocycles. The maximum atomic E-state index is 10.7. The van der Waals surface area contributed by atoms with Gasteiger partial charge in [0.2, 0.25) is 10.0 Å². The molecule has 0 bridgehead atoms. The topological polar surface area (TPSA) is 120 Å². The molecular weight excluding hydrogens is 276 g/mol. The lowest BCUT2D eigenvalue weighted by Gasteiger charge is -1.96. The Bertz CT molecular complexity index is 602. The van der Waals surface area contributed by atoms with Gasteiger partial charge in [-0.1, -0.05) is 13.2 Å². The lowest BCUT2D eigenvalue weighted by atomic mass is 10.3. The van der Waals surface area contributed by atoms with Crippen molar-refractivity contribution in [3.63, 3.8) is 0 Å². The van der Waals surface area contributed by atoms with Crippen molar-refractivity contribution in [2.75, 3.05) is 5.73 Å². The molecule has 18 heavy (non-hydrogen) atoms. The summed E-state index contributed by atoms with van der Waals surface area (Å²) in [5.41, 5.74) is 5.85. The first kappa shape index (κ1) is 16.4. The maximum absolute atomic E-state index is 10.7. The molecule has 0 spiro atoms. The number of sulfone groups is 1. The standard InChI is InChI=1S/C6H8N2O2S.C4H6O2S/c7-5-1-3-6(4-2-5)11(8,9)10;1-3-7(5,6)4-2/h1-4H,7H2,(H2,8,9,10);3-4H,1-2H2. The number of sulfonamides is 1. The molecular formula is C10H14N2O4S2. The molecule has 0 fully saturated rings. The van der Waals surface area contributed by atoms with Gasteiger partial charge >= 0.3 is 0 Å². The highest BCUT2D eigenvalue weighted by molar-refractivity contribution is 7.97. The monoisotopic (exact) mass is 290 g/mol. The van der Waals surface area contributed by atoms with Crippen LogP contribution in [0.25, 0.3) is 0 Å². The zero-order valence-corrected chi connectivity index (χ0v) is 11.1. The molecule has 0 aliphatic rings. The average Bonchev–Trinajstić information content (AvgIpc) is 2.29. The third kappa shape index (κ3) is 6.18. The minimum absolute atomic E-state index is 0.0756. The Morgan fingerprint density at radius 2 is 1.33 bits per heavy atom. The number of rotatable bonds is 3. The van der Waals surface area contributed by atoms with Crippen molar-refractivity contribution in [1.82, 2.24) is 0 Å². The summed E-state index contributed by atoms with van der Waals surface area (Å²) in [5, 5.41) is 6.53. The predicted octanol–water partition coefficient (Wildman–Crippen LogP) is 0.604. The first-order valence-corrected chi connectivity index (χ1v) is 7.66. The summed E-state index contributed by atoms with van der Waals surface area (Å²) < 4.78 is 41.6. The van der Waals surface area contributed by atoms with Gasteiger partial charge in [0.25, 0.3) is 0 Å². The van der Waals surface area contributed by atoms with Gasteiger partial charge in [0.05, 0.1) is 4.90 Å². The highest BCUT2D eigenvalue weighted by Gasteiger charge is 2.04. The van der Waals surface area contributed by atoms with Crippen LogP contribution in [0.1, 0.15) is 0 Å². The first-order chi connectivity index (χ1) is 8.12. The molecule has 1 rings (SSSR count). The molecule has 0 aliphatic carbocycles. The van der Waals surface area contributed by atoms with Gasteiger partial charge in [-0.05, 0) is 24.3 Å². The Labute approximate surface area is 107 Å². The highest BCUT2D eigenvalue weighted by atomic mass is 32.2. The van der Waals surface area contributed by atoms with E-state index in [1.165, 1.54) is 24.3 Å². The van der Waals surface area contributed by atoms with Gasteiger partial charge in [-0.25, -0.2) is 22.0 Å². The molecule has 0 aromatic heterocycles. The second kappa shape index (κ2) is 6.34. The lowest BCUT2D eigenvalue weighted by molar-refractivity contribution is 0.597. The third-order valence-corrected chi connectivity index (χ3v) is 3.53. The Balaban J connectivity index is 0.000000360. The van der Waals surface area contributed by atoms with Gasteiger partial charge in [0.1, 0.15) is 0 Å². The van der Waals surface area contributed by atoms with Gasteiger partial charge in [-0.2, -0.15) is 0 Å². The second-order valence-electron chi connectivity index (χ2n) is 3.04. The molecule has 0 saturated heterocycles. The minimum atomic E-state index is -3.58. The van der Waals surface area contributed by atoms with Crippen molar-refractivity contribution in [2.24, 2.45) is 5.14 Å². The molecule has 4 N–H and O–H groups in total. The molecule has 100 valence electrons. The molecule has 0 unspecified atom stereocenters. The Morgan fingerprint density at radius 1 is 0.944 bits per heavy atom. The van der Waals surface area contributed by atoms with Crippen molar-refractivity contribution >= 4 is 25.5 Å². The van der Waals surface area contributed by atoms with E-state index in [0.29, 0.717) is 5.69 Å². The number of nitrogen functional groups attached to an aromatic ring is 1. The molecule has 0 aliphatic heterocycles. The molecule has 0 atom stereocenters. The fourth-order valence-corrected chi connectivity index (χ4v) is 1.38. The molecule has 0 amide bonds. The van der Waals surface area contributed by atoms with Crippen LogP contribution in [0.15, 0.2) is 53.1 Å². The summed E-state index contributed by atoms with van der Waals surface area (Å²) in [6.45, 7) is 6.09. The van der Waals surface area contributed by atoms with Crippen molar-refractivity contribution < 1.29 is 16.8 Å². The summed E-state index contributed by atoms with van der Waals surface area (Å²) in [6.07, 6.45) is 0. The summed E-state index contributed by atoms with van der Waals surface area (Å²) >= 11 is 0. The molecule has 1 aromatic carbocycles. The van der Waals surface area contributed by atoms with E-state index in [4.69, 9.17) is 10.9 Å². The van der Waals surface area contributed by atoms with Gasteiger partial charge in [-0.15, -0.1) is 0 Å². The lowest BCUT2D eigenvalue weighted by Crippen LogP contribution is -2.11. The number of nitrogens with two attached hydrogens (primary N) is 2. The SMILES string of the molecule is C=CS(=O)(=O)C=C.Nc1ccc(S(N)(=O)=O)cc1. The number of anilines is 1. The van der Waals surface area contributed by atoms with Crippen LogP contribution in [-0.2, 0) is 19.9 Å². The molecule has 8 heteroatoms. The fourth-order valence-electron chi connectivity index (χ4n) is 0.726. The molecule has 0 radical (unpaired) electrons. The Morgan fingerprint density at radius 3 is 1.56 bits per heavy atom. The van der Waals surface area contributed by atoms with Gasteiger partial charge in [-0.3, -0.25) is 0 Å². The largest absolute Gasteiger partial charge is 0.399 e. The van der Waals surface area contributed by atoms with Crippen LogP contribution in [-0.4, -0.2) is 16.8 Å². The molecule has 1 aromatic rings. The van der Waals surface area contributed by atoms with E-state index in [1.807, 2.05) is 0 Å². The highest BCUT2D eigenvalue weighted by Crippen LogP contribution is 2.08.